The number of anilines is 1. The van der Waals surface area contributed by atoms with Crippen LogP contribution in [-0.2, 0) is 21.4 Å². The molecule has 1 atom stereocenters. The van der Waals surface area contributed by atoms with E-state index in [0.717, 1.165) is 17.5 Å². The summed E-state index contributed by atoms with van der Waals surface area (Å²) in [6.07, 6.45) is 3.88. The lowest BCUT2D eigenvalue weighted by molar-refractivity contribution is -0.117. The van der Waals surface area contributed by atoms with Crippen molar-refractivity contribution in [2.45, 2.75) is 18.1 Å². The van der Waals surface area contributed by atoms with Gasteiger partial charge in [0.15, 0.2) is 0 Å². The number of aromatic nitrogens is 1. The zero-order valence-corrected chi connectivity index (χ0v) is 13.0. The maximum absolute atomic E-state index is 13.1. The Morgan fingerprint density at radius 2 is 1.70 bits per heavy atom. The molecular formula is C16H15FN2O3S. The Morgan fingerprint density at radius 3 is 2.26 bits per heavy atom. The van der Waals surface area contributed by atoms with Crippen LogP contribution in [0.4, 0.5) is 9.57 Å². The third kappa shape index (κ3) is 3.56. The Morgan fingerprint density at radius 1 is 1.09 bits per heavy atom. The highest BCUT2D eigenvalue weighted by Crippen LogP contribution is 2.26. The predicted octanol–water partition coefficient (Wildman–Crippen LogP) is 2.08. The second-order valence-corrected chi connectivity index (χ2v) is 7.12. The minimum absolute atomic E-state index is 0.138. The highest BCUT2D eigenvalue weighted by Gasteiger charge is 2.38. The van der Waals surface area contributed by atoms with Gasteiger partial charge >= 0.3 is 10.2 Å². The molecule has 1 aliphatic heterocycles. The fourth-order valence-corrected chi connectivity index (χ4v) is 3.31. The molecule has 2 heterocycles. The number of amides is 1. The number of carbonyl (C=O) groups is 1. The SMILES string of the molecule is O=C1CC(S(=O)(=O)F)CN1c1ccc(Cc2ccncc2)cc1. The maximum atomic E-state index is 13.1. The quantitative estimate of drug-likeness (QED) is 0.803. The van der Waals surface area contributed by atoms with E-state index in [4.69, 9.17) is 0 Å². The summed E-state index contributed by atoms with van der Waals surface area (Å²) in [7, 11) is -4.69. The minimum atomic E-state index is -4.69. The van der Waals surface area contributed by atoms with Crippen LogP contribution in [-0.4, -0.2) is 31.1 Å². The van der Waals surface area contributed by atoms with Gasteiger partial charge in [-0.25, -0.2) is 0 Å². The lowest BCUT2D eigenvalue weighted by Gasteiger charge is -2.16. The third-order valence-electron chi connectivity index (χ3n) is 3.89. The molecule has 1 fully saturated rings. The van der Waals surface area contributed by atoms with Gasteiger partial charge in [0.2, 0.25) is 5.91 Å². The molecule has 1 unspecified atom stereocenters. The Hall–Kier alpha value is -2.28. The van der Waals surface area contributed by atoms with E-state index >= 15 is 0 Å². The summed E-state index contributed by atoms with van der Waals surface area (Å²) in [6, 6.07) is 11.1. The van der Waals surface area contributed by atoms with Gasteiger partial charge in [-0.05, 0) is 41.8 Å². The van der Waals surface area contributed by atoms with Crippen LogP contribution in [0.3, 0.4) is 0 Å². The standard InChI is InChI=1S/C16H15FN2O3S/c17-23(21,22)15-10-16(20)19(11-15)14-3-1-12(2-4-14)9-13-5-7-18-8-6-13/h1-8,15H,9-11H2. The highest BCUT2D eigenvalue weighted by atomic mass is 32.3. The van der Waals surface area contributed by atoms with Crippen molar-refractivity contribution in [1.29, 1.82) is 0 Å². The molecule has 1 saturated heterocycles. The zero-order chi connectivity index (χ0) is 16.4. The normalized spacial score (nSPS) is 18.4. The van der Waals surface area contributed by atoms with E-state index in [1.165, 1.54) is 4.90 Å². The molecule has 1 aromatic heterocycles. The smallest absolute Gasteiger partial charge is 0.307 e. The lowest BCUT2D eigenvalue weighted by atomic mass is 10.1. The Balaban J connectivity index is 1.74. The van der Waals surface area contributed by atoms with Crippen LogP contribution in [0.15, 0.2) is 48.8 Å². The summed E-state index contributed by atoms with van der Waals surface area (Å²) < 4.78 is 35.0. The van der Waals surface area contributed by atoms with Crippen molar-refractivity contribution in [3.05, 3.63) is 59.9 Å². The molecule has 23 heavy (non-hydrogen) atoms. The first-order valence-electron chi connectivity index (χ1n) is 7.15. The van der Waals surface area contributed by atoms with Gasteiger partial charge in [0.25, 0.3) is 0 Å². The van der Waals surface area contributed by atoms with E-state index in [0.29, 0.717) is 5.69 Å². The summed E-state index contributed by atoms with van der Waals surface area (Å²) >= 11 is 0. The summed E-state index contributed by atoms with van der Waals surface area (Å²) in [5, 5.41) is -1.27. The summed E-state index contributed by atoms with van der Waals surface area (Å²) in [6.45, 7) is -0.138. The number of hydrogen-bond donors (Lipinski definition) is 0. The van der Waals surface area contributed by atoms with Crippen LogP contribution in [0, 0.1) is 0 Å². The van der Waals surface area contributed by atoms with E-state index in [9.17, 15) is 17.1 Å². The van der Waals surface area contributed by atoms with Gasteiger partial charge in [0.1, 0.15) is 5.25 Å². The first kappa shape index (κ1) is 15.6. The van der Waals surface area contributed by atoms with E-state index in [-0.39, 0.29) is 18.9 Å². The topological polar surface area (TPSA) is 67.3 Å². The molecule has 7 heteroatoms. The molecule has 5 nitrogen and oxygen atoms in total. The largest absolute Gasteiger partial charge is 0.311 e. The van der Waals surface area contributed by atoms with Gasteiger partial charge in [0, 0.05) is 31.0 Å². The van der Waals surface area contributed by atoms with Crippen molar-refractivity contribution >= 4 is 21.8 Å². The Bertz CT molecular complexity index is 807. The molecule has 1 aromatic carbocycles. The molecule has 0 N–H and O–H groups in total. The Kier molecular flexibility index (Phi) is 4.12. The fourth-order valence-electron chi connectivity index (χ4n) is 2.64. The van der Waals surface area contributed by atoms with Gasteiger partial charge in [-0.3, -0.25) is 9.78 Å². The second kappa shape index (κ2) is 6.08. The maximum Gasteiger partial charge on any atom is 0.307 e. The summed E-state index contributed by atoms with van der Waals surface area (Å²) in [4.78, 5) is 17.2. The molecule has 0 aliphatic carbocycles. The van der Waals surface area contributed by atoms with Crippen LogP contribution in [0.25, 0.3) is 0 Å². The molecule has 0 radical (unpaired) electrons. The van der Waals surface area contributed by atoms with Crippen LogP contribution < -0.4 is 4.90 Å². The van der Waals surface area contributed by atoms with Crippen molar-refractivity contribution in [3.8, 4) is 0 Å². The van der Waals surface area contributed by atoms with E-state index < -0.39 is 15.5 Å². The average Bonchev–Trinajstić information content (AvgIpc) is 2.91. The average molecular weight is 334 g/mol. The van der Waals surface area contributed by atoms with Crippen molar-refractivity contribution in [1.82, 2.24) is 4.98 Å². The first-order chi connectivity index (χ1) is 10.9. The molecule has 0 saturated carbocycles. The number of halogens is 1. The summed E-state index contributed by atoms with van der Waals surface area (Å²) in [5.74, 6) is -0.377. The number of rotatable bonds is 4. The highest BCUT2D eigenvalue weighted by molar-refractivity contribution is 7.87. The number of nitrogens with zero attached hydrogens (tertiary/aromatic N) is 2. The monoisotopic (exact) mass is 334 g/mol. The van der Waals surface area contributed by atoms with Crippen molar-refractivity contribution in [2.24, 2.45) is 0 Å². The third-order valence-corrected chi connectivity index (χ3v) is 5.01. The summed E-state index contributed by atoms with van der Waals surface area (Å²) in [5.41, 5.74) is 2.76. The fraction of sp³-hybridized carbons (Fsp3) is 0.250. The Labute approximate surface area is 134 Å². The molecular weight excluding hydrogens is 319 g/mol. The van der Waals surface area contributed by atoms with E-state index in [1.54, 1.807) is 24.5 Å². The van der Waals surface area contributed by atoms with E-state index in [2.05, 4.69) is 4.98 Å². The second-order valence-electron chi connectivity index (χ2n) is 5.50. The molecule has 0 spiro atoms. The predicted molar refractivity (Wildman–Crippen MR) is 84.3 cm³/mol. The van der Waals surface area contributed by atoms with Crippen molar-refractivity contribution in [3.63, 3.8) is 0 Å². The molecule has 0 bridgehead atoms. The van der Waals surface area contributed by atoms with Crippen LogP contribution in [0.1, 0.15) is 17.5 Å². The number of hydrogen-bond acceptors (Lipinski definition) is 4. The van der Waals surface area contributed by atoms with Gasteiger partial charge in [-0.15, -0.1) is 3.89 Å². The molecule has 2 aromatic rings. The van der Waals surface area contributed by atoms with Crippen LogP contribution in [0.5, 0.6) is 0 Å². The van der Waals surface area contributed by atoms with Crippen LogP contribution in [0.2, 0.25) is 0 Å². The molecule has 120 valence electrons. The molecule has 1 aliphatic rings. The molecule has 1 amide bonds. The number of pyridine rings is 1. The van der Waals surface area contributed by atoms with Gasteiger partial charge in [0.05, 0.1) is 0 Å². The number of carbonyl (C=O) groups excluding carboxylic acids is 1. The van der Waals surface area contributed by atoms with E-state index in [1.807, 2.05) is 24.3 Å². The van der Waals surface area contributed by atoms with Gasteiger partial charge in [-0.2, -0.15) is 8.42 Å². The number of benzene rings is 1. The molecule has 3 rings (SSSR count). The van der Waals surface area contributed by atoms with Crippen molar-refractivity contribution < 1.29 is 17.1 Å². The minimum Gasteiger partial charge on any atom is -0.311 e. The van der Waals surface area contributed by atoms with Crippen molar-refractivity contribution in [2.75, 3.05) is 11.4 Å². The lowest BCUT2D eigenvalue weighted by Crippen LogP contribution is -2.26. The zero-order valence-electron chi connectivity index (χ0n) is 12.2. The van der Waals surface area contributed by atoms with Gasteiger partial charge in [-0.1, -0.05) is 12.1 Å². The first-order valence-corrected chi connectivity index (χ1v) is 8.60. The van der Waals surface area contributed by atoms with Crippen LogP contribution >= 0.6 is 0 Å². The van der Waals surface area contributed by atoms with Gasteiger partial charge < -0.3 is 4.90 Å².